The molecule has 0 fully saturated rings. The highest BCUT2D eigenvalue weighted by Crippen LogP contribution is 2.22. The molecule has 0 unspecified atom stereocenters. The van der Waals surface area contributed by atoms with E-state index in [0.717, 1.165) is 18.7 Å². The van der Waals surface area contributed by atoms with Crippen LogP contribution >= 0.6 is 0 Å². The zero-order valence-corrected chi connectivity index (χ0v) is 18.4. The van der Waals surface area contributed by atoms with Gasteiger partial charge in [0.05, 0.1) is 11.3 Å². The maximum Gasteiger partial charge on any atom is 0.337 e. The normalized spacial score (nSPS) is 10.8. The van der Waals surface area contributed by atoms with Crippen molar-refractivity contribution < 1.29 is 14.7 Å². The molecule has 1 heterocycles. The molecule has 1 amide bonds. The van der Waals surface area contributed by atoms with Crippen molar-refractivity contribution in [1.82, 2.24) is 14.9 Å². The summed E-state index contributed by atoms with van der Waals surface area (Å²) in [4.78, 5) is 37.9. The molecular weight excluding hydrogens is 406 g/mol. The molecule has 0 spiro atoms. The lowest BCUT2D eigenvalue weighted by Gasteiger charge is -2.24. The molecule has 1 aromatic heterocycles. The summed E-state index contributed by atoms with van der Waals surface area (Å²) in [5.41, 5.74) is 1.18. The second-order valence-corrected chi connectivity index (χ2v) is 7.49. The van der Waals surface area contributed by atoms with Gasteiger partial charge in [0, 0.05) is 31.3 Å². The third kappa shape index (κ3) is 5.67. The minimum atomic E-state index is -1.12. The molecule has 166 valence electrons. The highest BCUT2D eigenvalue weighted by molar-refractivity contribution is 6.07. The van der Waals surface area contributed by atoms with Crippen LogP contribution in [0.2, 0.25) is 0 Å². The van der Waals surface area contributed by atoms with E-state index < -0.39 is 11.9 Å². The maximum atomic E-state index is 13.1. The summed E-state index contributed by atoms with van der Waals surface area (Å²) in [6.45, 7) is 4.30. The molecule has 0 aliphatic rings. The predicted molar refractivity (Wildman–Crippen MR) is 125 cm³/mol. The first-order chi connectivity index (χ1) is 15.4. The zero-order chi connectivity index (χ0) is 23.1. The fraction of sp³-hybridized carbons (Fsp3) is 0.250. The molecule has 0 saturated heterocycles. The van der Waals surface area contributed by atoms with E-state index in [9.17, 15) is 14.7 Å². The van der Waals surface area contributed by atoms with Gasteiger partial charge in [-0.25, -0.2) is 14.8 Å². The lowest BCUT2D eigenvalue weighted by atomic mass is 10.1. The Morgan fingerprint density at radius 3 is 2.31 bits per heavy atom. The van der Waals surface area contributed by atoms with E-state index in [0.29, 0.717) is 18.2 Å². The number of carboxylic acids is 1. The van der Waals surface area contributed by atoms with Gasteiger partial charge in [0.25, 0.3) is 5.91 Å². The number of para-hydroxylation sites is 1. The van der Waals surface area contributed by atoms with Crippen LogP contribution in [0.4, 0.5) is 11.5 Å². The number of hydrogen-bond acceptors (Lipinski definition) is 6. The minimum absolute atomic E-state index is 0.0135. The molecule has 3 aromatic rings. The van der Waals surface area contributed by atoms with Crippen LogP contribution in [0, 0.1) is 0 Å². The summed E-state index contributed by atoms with van der Waals surface area (Å²) in [5, 5.41) is 12.1. The molecule has 2 N–H and O–H groups in total. The van der Waals surface area contributed by atoms with Crippen molar-refractivity contribution in [2.45, 2.75) is 6.92 Å². The maximum absolute atomic E-state index is 13.1. The predicted octanol–water partition coefficient (Wildman–Crippen LogP) is 3.48. The molecule has 3 rings (SSSR count). The number of nitrogens with one attached hydrogen (secondary N) is 1. The van der Waals surface area contributed by atoms with Crippen LogP contribution in [0.3, 0.4) is 0 Å². The van der Waals surface area contributed by atoms with Crippen LogP contribution in [0.1, 0.15) is 27.8 Å². The molecule has 0 radical (unpaired) electrons. The highest BCUT2D eigenvalue weighted by atomic mass is 16.4. The first kappa shape index (κ1) is 22.9. The fourth-order valence-corrected chi connectivity index (χ4v) is 3.15. The van der Waals surface area contributed by atoms with Crippen molar-refractivity contribution in [3.63, 3.8) is 0 Å². The van der Waals surface area contributed by atoms with Crippen molar-refractivity contribution in [1.29, 1.82) is 0 Å². The number of benzene rings is 2. The van der Waals surface area contributed by atoms with E-state index in [2.05, 4.69) is 20.1 Å². The summed E-state index contributed by atoms with van der Waals surface area (Å²) in [7, 11) is 4.00. The van der Waals surface area contributed by atoms with Crippen LogP contribution in [0.15, 0.2) is 60.7 Å². The van der Waals surface area contributed by atoms with E-state index in [1.165, 1.54) is 6.07 Å². The van der Waals surface area contributed by atoms with Gasteiger partial charge in [0.2, 0.25) is 0 Å². The number of nitrogens with zero attached hydrogens (tertiary/aromatic N) is 4. The summed E-state index contributed by atoms with van der Waals surface area (Å²) in [5.74, 6) is -0.541. The van der Waals surface area contributed by atoms with Gasteiger partial charge in [-0.2, -0.15) is 0 Å². The number of carbonyl (C=O) groups excluding carboxylic acids is 1. The second kappa shape index (κ2) is 10.5. The summed E-state index contributed by atoms with van der Waals surface area (Å²) in [6.07, 6.45) is 0. The van der Waals surface area contributed by atoms with E-state index in [1.54, 1.807) is 24.3 Å². The zero-order valence-electron chi connectivity index (χ0n) is 18.4. The van der Waals surface area contributed by atoms with Crippen molar-refractivity contribution in [2.24, 2.45) is 0 Å². The number of carboxylic acid groups (broad SMARTS) is 1. The Labute approximate surface area is 187 Å². The number of anilines is 2. The van der Waals surface area contributed by atoms with Crippen LogP contribution in [-0.2, 0) is 0 Å². The Kier molecular flexibility index (Phi) is 7.51. The molecule has 32 heavy (non-hydrogen) atoms. The molecule has 8 heteroatoms. The number of carbonyl (C=O) groups is 2. The summed E-state index contributed by atoms with van der Waals surface area (Å²) < 4.78 is 0. The number of amides is 1. The lowest BCUT2D eigenvalue weighted by molar-refractivity contribution is 0.0698. The Balaban J connectivity index is 2.00. The van der Waals surface area contributed by atoms with E-state index in [4.69, 9.17) is 4.98 Å². The number of aromatic nitrogens is 2. The Morgan fingerprint density at radius 2 is 1.66 bits per heavy atom. The molecular formula is C24H27N5O3. The molecule has 8 nitrogen and oxygen atoms in total. The van der Waals surface area contributed by atoms with Gasteiger partial charge in [-0.1, -0.05) is 42.5 Å². The summed E-state index contributed by atoms with van der Waals surface area (Å²) in [6, 6.07) is 17.4. The smallest absolute Gasteiger partial charge is 0.337 e. The number of aromatic carboxylic acids is 1. The standard InChI is InChI=1S/C24H27N5O3/c1-4-29(15-14-28(2)3)21-16-20(25-22(27-21)17-10-6-5-7-11-17)23(30)26-19-13-9-8-12-18(19)24(31)32/h5-13,16H,4,14-15H2,1-3H3,(H,26,30)(H,31,32). The lowest BCUT2D eigenvalue weighted by Crippen LogP contribution is -2.32. The summed E-state index contributed by atoms with van der Waals surface area (Å²) >= 11 is 0. The quantitative estimate of drug-likeness (QED) is 0.533. The van der Waals surface area contributed by atoms with E-state index >= 15 is 0 Å². The van der Waals surface area contributed by atoms with Crippen molar-refractivity contribution in [3.05, 3.63) is 71.9 Å². The third-order valence-electron chi connectivity index (χ3n) is 4.91. The van der Waals surface area contributed by atoms with Crippen molar-refractivity contribution in [2.75, 3.05) is 43.9 Å². The molecule has 0 aliphatic heterocycles. The van der Waals surface area contributed by atoms with Crippen molar-refractivity contribution in [3.8, 4) is 11.4 Å². The molecule has 2 aromatic carbocycles. The van der Waals surface area contributed by atoms with Crippen LogP contribution in [-0.4, -0.2) is 65.6 Å². The van der Waals surface area contributed by atoms with E-state index in [-0.39, 0.29) is 16.9 Å². The van der Waals surface area contributed by atoms with Gasteiger partial charge in [-0.15, -0.1) is 0 Å². The average Bonchev–Trinajstić information content (AvgIpc) is 2.80. The van der Waals surface area contributed by atoms with Crippen LogP contribution in [0.5, 0.6) is 0 Å². The Bertz CT molecular complexity index is 1090. The van der Waals surface area contributed by atoms with Crippen LogP contribution < -0.4 is 10.2 Å². The topological polar surface area (TPSA) is 98.7 Å². The Hall–Kier alpha value is -3.78. The molecule has 0 aliphatic carbocycles. The van der Waals surface area contributed by atoms with E-state index in [1.807, 2.05) is 51.4 Å². The van der Waals surface area contributed by atoms with Gasteiger partial charge >= 0.3 is 5.97 Å². The first-order valence-corrected chi connectivity index (χ1v) is 10.4. The minimum Gasteiger partial charge on any atom is -0.478 e. The largest absolute Gasteiger partial charge is 0.478 e. The number of rotatable bonds is 9. The molecule has 0 bridgehead atoms. The van der Waals surface area contributed by atoms with Crippen LogP contribution in [0.25, 0.3) is 11.4 Å². The second-order valence-electron chi connectivity index (χ2n) is 7.49. The number of hydrogen-bond donors (Lipinski definition) is 2. The average molecular weight is 434 g/mol. The molecule has 0 atom stereocenters. The van der Waals surface area contributed by atoms with Crippen molar-refractivity contribution >= 4 is 23.4 Å². The highest BCUT2D eigenvalue weighted by Gasteiger charge is 2.18. The molecule has 0 saturated carbocycles. The SMILES string of the molecule is CCN(CCN(C)C)c1cc(C(=O)Nc2ccccc2C(=O)O)nc(-c2ccccc2)n1. The third-order valence-corrected chi connectivity index (χ3v) is 4.91. The fourth-order valence-electron chi connectivity index (χ4n) is 3.15. The van der Waals surface area contributed by atoms with Gasteiger partial charge in [-0.3, -0.25) is 4.79 Å². The first-order valence-electron chi connectivity index (χ1n) is 10.4. The monoisotopic (exact) mass is 433 g/mol. The van der Waals surface area contributed by atoms with Gasteiger partial charge in [0.1, 0.15) is 11.5 Å². The van der Waals surface area contributed by atoms with Gasteiger partial charge in [-0.05, 0) is 33.2 Å². The number of likely N-dealkylation sites (N-methyl/N-ethyl adjacent to an activating group) is 2. The van der Waals surface area contributed by atoms with Gasteiger partial charge in [0.15, 0.2) is 5.82 Å². The van der Waals surface area contributed by atoms with Gasteiger partial charge < -0.3 is 20.2 Å². The Morgan fingerprint density at radius 1 is 0.969 bits per heavy atom.